The van der Waals surface area contributed by atoms with E-state index < -0.39 is 42.3 Å². The van der Waals surface area contributed by atoms with Crippen molar-refractivity contribution in [3.8, 4) is 33.6 Å². The molecule has 2 aliphatic heterocycles. The maximum absolute atomic E-state index is 13.3. The minimum atomic E-state index is -1.24. The molecule has 4 amide bonds. The van der Waals surface area contributed by atoms with Gasteiger partial charge in [0.25, 0.3) is 0 Å². The highest BCUT2D eigenvalue weighted by Gasteiger charge is 2.34. The Hall–Kier alpha value is -6.26. The highest BCUT2D eigenvalue weighted by molar-refractivity contribution is 5.91. The van der Waals surface area contributed by atoms with Gasteiger partial charge in [-0.25, -0.2) is 19.6 Å². The Morgan fingerprint density at radius 2 is 1.08 bits per heavy atom. The first-order valence-electron chi connectivity index (χ1n) is 19.9. The van der Waals surface area contributed by atoms with Crippen LogP contribution in [-0.4, -0.2) is 94.7 Å². The molecule has 0 saturated carbocycles. The number of carboxylic acid groups (broad SMARTS) is 1. The molecule has 7 N–H and O–H groups in total. The lowest BCUT2D eigenvalue weighted by molar-refractivity contribution is -0.126. The molecule has 0 bridgehead atoms. The fourth-order valence-corrected chi connectivity index (χ4v) is 7.79. The van der Waals surface area contributed by atoms with E-state index in [1.54, 1.807) is 6.20 Å². The number of hydrogen-bond donors (Lipinski definition) is 7. The predicted molar refractivity (Wildman–Crippen MR) is 219 cm³/mol. The Morgan fingerprint density at radius 1 is 0.644 bits per heavy atom. The summed E-state index contributed by atoms with van der Waals surface area (Å²) in [4.78, 5) is 65.9. The Bertz CT molecular complexity index is 2260. The van der Waals surface area contributed by atoms with E-state index in [1.807, 2.05) is 50.4 Å². The maximum atomic E-state index is 13.3. The highest BCUT2D eigenvalue weighted by atomic mass is 16.5. The summed E-state index contributed by atoms with van der Waals surface area (Å²) in [6.45, 7) is 5.70. The molecule has 310 valence electrons. The third kappa shape index (κ3) is 9.89. The van der Waals surface area contributed by atoms with Crippen molar-refractivity contribution in [1.29, 1.82) is 0 Å². The maximum Gasteiger partial charge on any atom is 0.407 e. The number of nitrogens with one attached hydrogen (secondary N) is 6. The molecule has 59 heavy (non-hydrogen) atoms. The van der Waals surface area contributed by atoms with Gasteiger partial charge in [-0.1, -0.05) is 48.5 Å². The van der Waals surface area contributed by atoms with Crippen molar-refractivity contribution in [3.05, 3.63) is 84.7 Å². The summed E-state index contributed by atoms with van der Waals surface area (Å²) in [7, 11) is 1.27. The van der Waals surface area contributed by atoms with Crippen molar-refractivity contribution in [3.63, 3.8) is 0 Å². The van der Waals surface area contributed by atoms with E-state index in [0.717, 1.165) is 44.4 Å². The molecule has 4 heterocycles. The standard InChI is InChI=1S/C43H50N8O8/c1-24(46-40(52)36(50-42(54)55)28-12-16-58-17-13-28)38-44-22-34(48-38)27-6-4-26(5-7-27)30-8-9-32-21-33(11-10-31(32)20-30)35-23-45-39(49-35)25(2)47-41(53)37(51-43(56)57-3)29-14-18-59-19-15-29/h4-11,20-25,28-29,36-37,50H,12-19H2,1-3H3,(H,44,48)(H,45,49)(H,46,52)(H,47,53)(H,51,56)(H,54,55)/t24-,25-,36-,37-/m0/s1. The Morgan fingerprint density at radius 3 is 1.59 bits per heavy atom. The second-order valence-corrected chi connectivity index (χ2v) is 15.1. The molecule has 2 saturated heterocycles. The van der Waals surface area contributed by atoms with E-state index in [0.29, 0.717) is 63.8 Å². The minimum absolute atomic E-state index is 0.0668. The Balaban J connectivity index is 0.976. The number of nitrogens with zero attached hydrogens (tertiary/aromatic N) is 2. The van der Waals surface area contributed by atoms with Gasteiger partial charge in [0.05, 0.1) is 30.6 Å². The lowest BCUT2D eigenvalue weighted by Gasteiger charge is -2.30. The van der Waals surface area contributed by atoms with Gasteiger partial charge in [0, 0.05) is 49.9 Å². The van der Waals surface area contributed by atoms with E-state index >= 15 is 0 Å². The summed E-state index contributed by atoms with van der Waals surface area (Å²) < 4.78 is 15.6. The van der Waals surface area contributed by atoms with Crippen LogP contribution in [-0.2, 0) is 23.8 Å². The summed E-state index contributed by atoms with van der Waals surface area (Å²) in [5, 5.41) is 22.5. The van der Waals surface area contributed by atoms with Gasteiger partial charge in [-0.2, -0.15) is 0 Å². The molecule has 0 aliphatic carbocycles. The van der Waals surface area contributed by atoms with Crippen LogP contribution in [0.4, 0.5) is 9.59 Å². The van der Waals surface area contributed by atoms with Crippen LogP contribution in [0.3, 0.4) is 0 Å². The van der Waals surface area contributed by atoms with Gasteiger partial charge in [-0.05, 0) is 85.4 Å². The molecule has 2 aliphatic rings. The van der Waals surface area contributed by atoms with E-state index in [1.165, 1.54) is 7.11 Å². The summed E-state index contributed by atoms with van der Waals surface area (Å²) in [5.41, 5.74) is 5.37. The number of H-pyrrole nitrogens is 2. The molecule has 0 unspecified atom stereocenters. The fraction of sp³-hybridized carbons (Fsp3) is 0.395. The minimum Gasteiger partial charge on any atom is -0.465 e. The van der Waals surface area contributed by atoms with Gasteiger partial charge >= 0.3 is 12.2 Å². The van der Waals surface area contributed by atoms with Gasteiger partial charge in [0.2, 0.25) is 11.8 Å². The second kappa shape index (κ2) is 18.6. The number of aromatic amines is 2. The normalized spacial score (nSPS) is 17.0. The van der Waals surface area contributed by atoms with Crippen LogP contribution in [0.2, 0.25) is 0 Å². The molecule has 0 radical (unpaired) electrons. The molecular weight excluding hydrogens is 757 g/mol. The number of aromatic nitrogens is 4. The molecule has 7 rings (SSSR count). The number of carbonyl (C=O) groups is 4. The first-order valence-corrected chi connectivity index (χ1v) is 19.9. The number of amides is 4. The van der Waals surface area contributed by atoms with E-state index in [2.05, 4.69) is 61.6 Å². The number of fused-ring (bicyclic) bond motifs is 1. The topological polar surface area (TPSA) is 222 Å². The van der Waals surface area contributed by atoms with Crippen LogP contribution in [0.5, 0.6) is 0 Å². The average Bonchev–Trinajstić information content (AvgIpc) is 3.97. The zero-order valence-corrected chi connectivity index (χ0v) is 33.2. The van der Waals surface area contributed by atoms with E-state index in [-0.39, 0.29) is 17.7 Å². The Labute approximate surface area is 341 Å². The number of benzene rings is 3. The van der Waals surface area contributed by atoms with Crippen LogP contribution >= 0.6 is 0 Å². The van der Waals surface area contributed by atoms with Crippen LogP contribution in [0.25, 0.3) is 44.4 Å². The highest BCUT2D eigenvalue weighted by Crippen LogP contribution is 2.30. The van der Waals surface area contributed by atoms with Crippen LogP contribution in [0.15, 0.2) is 73.1 Å². The largest absolute Gasteiger partial charge is 0.465 e. The van der Waals surface area contributed by atoms with Crippen molar-refractivity contribution in [2.24, 2.45) is 11.8 Å². The number of imidazole rings is 2. The summed E-state index contributed by atoms with van der Waals surface area (Å²) in [5.74, 6) is 0.241. The summed E-state index contributed by atoms with van der Waals surface area (Å²) in [6, 6.07) is 18.0. The van der Waals surface area contributed by atoms with Crippen molar-refractivity contribution >= 4 is 34.8 Å². The van der Waals surface area contributed by atoms with Crippen molar-refractivity contribution in [1.82, 2.24) is 41.2 Å². The van der Waals surface area contributed by atoms with Gasteiger partial charge in [0.1, 0.15) is 23.7 Å². The SMILES string of the molecule is COC(=O)N[C@H](C(=O)N[C@@H](C)c1nc(-c2ccc3cc(-c4ccc(-c5c[nH]c([C@H](C)NC(=O)[C@@H](NC(=O)O)C6CCOCC6)n5)cc4)ccc3c2)c[nH]1)C1CCOCC1. The van der Waals surface area contributed by atoms with Gasteiger partial charge in [0.15, 0.2) is 0 Å². The average molecular weight is 807 g/mol. The monoisotopic (exact) mass is 806 g/mol. The number of alkyl carbamates (subject to hydrolysis) is 1. The summed E-state index contributed by atoms with van der Waals surface area (Å²) >= 11 is 0. The quantitative estimate of drug-likeness (QED) is 0.0752. The lowest BCUT2D eigenvalue weighted by atomic mass is 9.91. The van der Waals surface area contributed by atoms with Crippen LogP contribution < -0.4 is 21.3 Å². The van der Waals surface area contributed by atoms with Crippen molar-refractivity contribution in [2.75, 3.05) is 33.5 Å². The lowest BCUT2D eigenvalue weighted by Crippen LogP contribution is -2.52. The zero-order chi connectivity index (χ0) is 41.5. The molecule has 4 atom stereocenters. The predicted octanol–water partition coefficient (Wildman–Crippen LogP) is 5.86. The first kappa shape index (κ1) is 40.9. The summed E-state index contributed by atoms with van der Waals surface area (Å²) in [6.07, 6.45) is 4.24. The molecule has 16 heteroatoms. The second-order valence-electron chi connectivity index (χ2n) is 15.1. The van der Waals surface area contributed by atoms with Crippen LogP contribution in [0, 0.1) is 11.8 Å². The molecule has 5 aromatic rings. The first-order chi connectivity index (χ1) is 28.6. The van der Waals surface area contributed by atoms with E-state index in [9.17, 15) is 24.3 Å². The molecular formula is C43H50N8O8. The van der Waals surface area contributed by atoms with Gasteiger partial charge in [-0.15, -0.1) is 0 Å². The van der Waals surface area contributed by atoms with Crippen molar-refractivity contribution in [2.45, 2.75) is 63.7 Å². The molecule has 16 nitrogen and oxygen atoms in total. The molecule has 0 spiro atoms. The van der Waals surface area contributed by atoms with E-state index in [4.69, 9.17) is 24.2 Å². The van der Waals surface area contributed by atoms with Gasteiger partial charge in [-0.3, -0.25) is 9.59 Å². The third-order valence-electron chi connectivity index (χ3n) is 11.2. The molecule has 3 aromatic carbocycles. The van der Waals surface area contributed by atoms with Crippen LogP contribution in [0.1, 0.15) is 63.3 Å². The number of ether oxygens (including phenoxy) is 3. The smallest absolute Gasteiger partial charge is 0.407 e. The molecule has 2 fully saturated rings. The number of hydrogen-bond acceptors (Lipinski definition) is 9. The molecule has 2 aromatic heterocycles. The third-order valence-corrected chi connectivity index (χ3v) is 11.2. The fourth-order valence-electron chi connectivity index (χ4n) is 7.79. The van der Waals surface area contributed by atoms with Gasteiger partial charge < -0.3 is 50.6 Å². The Kier molecular flexibility index (Phi) is 12.9. The number of carbonyl (C=O) groups excluding carboxylic acids is 3. The zero-order valence-electron chi connectivity index (χ0n) is 33.2. The van der Waals surface area contributed by atoms with Crippen molar-refractivity contribution < 1.29 is 38.5 Å². The number of methoxy groups -OCH3 is 1. The number of rotatable bonds is 13.